The maximum atomic E-state index is 12.1. The van der Waals surface area contributed by atoms with E-state index in [4.69, 9.17) is 16.3 Å². The van der Waals surface area contributed by atoms with Gasteiger partial charge in [-0.15, -0.1) is 11.8 Å². The van der Waals surface area contributed by atoms with E-state index in [1.54, 1.807) is 11.8 Å². The summed E-state index contributed by atoms with van der Waals surface area (Å²) < 4.78 is 4.98. The van der Waals surface area contributed by atoms with E-state index in [1.807, 2.05) is 31.3 Å². The van der Waals surface area contributed by atoms with Gasteiger partial charge < -0.3 is 10.1 Å². The Labute approximate surface area is 123 Å². The molecule has 1 saturated carbocycles. The Morgan fingerprint density at radius 3 is 2.84 bits per heavy atom. The number of halogens is 1. The van der Waals surface area contributed by atoms with Crippen molar-refractivity contribution in [1.82, 2.24) is 5.32 Å². The molecule has 0 saturated heterocycles. The van der Waals surface area contributed by atoms with Crippen molar-refractivity contribution in [3.05, 3.63) is 29.3 Å². The van der Waals surface area contributed by atoms with Crippen LogP contribution in [-0.2, 0) is 9.53 Å². The molecular weight excluding hydrogens is 282 g/mol. The van der Waals surface area contributed by atoms with E-state index in [9.17, 15) is 4.79 Å². The molecular formula is C14H18ClNO2S. The van der Waals surface area contributed by atoms with Crippen LogP contribution in [0.1, 0.15) is 12.8 Å². The van der Waals surface area contributed by atoms with Crippen LogP contribution in [0.5, 0.6) is 0 Å². The number of carbonyl (C=O) groups excluding carboxylic acids is 1. The van der Waals surface area contributed by atoms with Crippen molar-refractivity contribution in [2.75, 3.05) is 19.9 Å². The highest BCUT2D eigenvalue weighted by atomic mass is 35.5. The predicted octanol–water partition coefficient (Wildman–Crippen LogP) is 2.97. The first-order chi connectivity index (χ1) is 9.12. The van der Waals surface area contributed by atoms with Crippen LogP contribution >= 0.6 is 23.4 Å². The number of thioether (sulfide) groups is 1. The number of likely N-dealkylation sites (N-methyl/N-ethyl adjacent to an activating group) is 1. The topological polar surface area (TPSA) is 38.3 Å². The van der Waals surface area contributed by atoms with Crippen LogP contribution in [0.4, 0.5) is 0 Å². The number of benzene rings is 1. The number of nitrogens with one attached hydrogen (secondary N) is 1. The third-order valence-electron chi connectivity index (χ3n) is 3.53. The summed E-state index contributed by atoms with van der Waals surface area (Å²) in [7, 11) is 3.27. The minimum atomic E-state index is -0.582. The van der Waals surface area contributed by atoms with Crippen molar-refractivity contribution < 1.29 is 9.53 Å². The summed E-state index contributed by atoms with van der Waals surface area (Å²) in [6.45, 7) is 0. The first-order valence-electron chi connectivity index (χ1n) is 6.28. The van der Waals surface area contributed by atoms with E-state index in [2.05, 4.69) is 5.32 Å². The van der Waals surface area contributed by atoms with Crippen molar-refractivity contribution in [2.24, 2.45) is 5.92 Å². The van der Waals surface area contributed by atoms with Gasteiger partial charge in [0, 0.05) is 15.7 Å². The number of hydrogen-bond acceptors (Lipinski definition) is 4. The van der Waals surface area contributed by atoms with Crippen molar-refractivity contribution in [1.29, 1.82) is 0 Å². The van der Waals surface area contributed by atoms with Gasteiger partial charge >= 0.3 is 5.97 Å². The number of carbonyl (C=O) groups is 1. The summed E-state index contributed by atoms with van der Waals surface area (Å²) in [5.41, 5.74) is -0.582. The van der Waals surface area contributed by atoms with Gasteiger partial charge in [-0.1, -0.05) is 17.7 Å². The lowest BCUT2D eigenvalue weighted by molar-refractivity contribution is -0.148. The SMILES string of the molecule is CNC(CSc1cccc(Cl)c1)(C(=O)OC)C1CC1. The van der Waals surface area contributed by atoms with Gasteiger partial charge in [-0.05, 0) is 44.0 Å². The highest BCUT2D eigenvalue weighted by Gasteiger charge is 2.50. The number of rotatable bonds is 6. The van der Waals surface area contributed by atoms with Crippen LogP contribution in [-0.4, -0.2) is 31.4 Å². The lowest BCUT2D eigenvalue weighted by Crippen LogP contribution is -2.55. The standard InChI is InChI=1S/C14H18ClNO2S/c1-16-14(10-6-7-10,13(17)18-2)9-19-12-5-3-4-11(15)8-12/h3-5,8,10,16H,6-7,9H2,1-2H3. The number of ether oxygens (including phenoxy) is 1. The fourth-order valence-electron chi connectivity index (χ4n) is 2.23. The molecule has 0 amide bonds. The molecule has 1 atom stereocenters. The number of methoxy groups -OCH3 is 1. The van der Waals surface area contributed by atoms with Crippen molar-refractivity contribution >= 4 is 29.3 Å². The van der Waals surface area contributed by atoms with Crippen LogP contribution in [0.2, 0.25) is 5.02 Å². The van der Waals surface area contributed by atoms with E-state index in [1.165, 1.54) is 7.11 Å². The second-order valence-electron chi connectivity index (χ2n) is 4.73. The minimum Gasteiger partial charge on any atom is -0.468 e. The van der Waals surface area contributed by atoms with Crippen LogP contribution in [0, 0.1) is 5.92 Å². The van der Waals surface area contributed by atoms with Crippen molar-refractivity contribution in [3.63, 3.8) is 0 Å². The van der Waals surface area contributed by atoms with Crippen molar-refractivity contribution in [2.45, 2.75) is 23.3 Å². The fourth-order valence-corrected chi connectivity index (χ4v) is 3.77. The Bertz CT molecular complexity index is 465. The second kappa shape index (κ2) is 6.16. The number of hydrogen-bond donors (Lipinski definition) is 1. The van der Waals surface area contributed by atoms with Crippen LogP contribution in [0.15, 0.2) is 29.2 Å². The Balaban J connectivity index is 2.10. The Morgan fingerprint density at radius 1 is 1.58 bits per heavy atom. The first-order valence-corrected chi connectivity index (χ1v) is 7.64. The molecule has 1 aliphatic carbocycles. The van der Waals surface area contributed by atoms with Crippen LogP contribution in [0.3, 0.4) is 0 Å². The average molecular weight is 300 g/mol. The molecule has 104 valence electrons. The van der Waals surface area contributed by atoms with Gasteiger partial charge in [-0.3, -0.25) is 4.79 Å². The second-order valence-corrected chi connectivity index (χ2v) is 6.22. The van der Waals surface area contributed by atoms with Gasteiger partial charge in [0.1, 0.15) is 5.54 Å². The molecule has 1 aliphatic rings. The van der Waals surface area contributed by atoms with E-state index in [-0.39, 0.29) is 5.97 Å². The summed E-state index contributed by atoms with van der Waals surface area (Å²) >= 11 is 7.60. The minimum absolute atomic E-state index is 0.174. The molecule has 1 aromatic carbocycles. The Kier molecular flexibility index (Phi) is 4.76. The molecule has 5 heteroatoms. The maximum absolute atomic E-state index is 12.1. The molecule has 0 heterocycles. The monoisotopic (exact) mass is 299 g/mol. The largest absolute Gasteiger partial charge is 0.468 e. The summed E-state index contributed by atoms with van der Waals surface area (Å²) in [6, 6.07) is 7.68. The Morgan fingerprint density at radius 2 is 2.32 bits per heavy atom. The van der Waals surface area contributed by atoms with Crippen LogP contribution < -0.4 is 5.32 Å². The smallest absolute Gasteiger partial charge is 0.327 e. The molecule has 2 rings (SSSR count). The Hall–Kier alpha value is -0.710. The first kappa shape index (κ1) is 14.7. The molecule has 1 fully saturated rings. The molecule has 1 N–H and O–H groups in total. The molecule has 0 bridgehead atoms. The van der Waals surface area contributed by atoms with E-state index >= 15 is 0 Å². The van der Waals surface area contributed by atoms with Gasteiger partial charge in [0.05, 0.1) is 7.11 Å². The van der Waals surface area contributed by atoms with Crippen LogP contribution in [0.25, 0.3) is 0 Å². The normalized spacial score (nSPS) is 17.8. The zero-order valence-corrected chi connectivity index (χ0v) is 12.7. The molecule has 1 unspecified atom stereocenters. The quantitative estimate of drug-likeness (QED) is 0.647. The molecule has 0 aliphatic heterocycles. The van der Waals surface area contributed by atoms with E-state index < -0.39 is 5.54 Å². The lowest BCUT2D eigenvalue weighted by atomic mass is 9.96. The highest BCUT2D eigenvalue weighted by molar-refractivity contribution is 7.99. The summed E-state index contributed by atoms with van der Waals surface area (Å²) in [4.78, 5) is 13.2. The summed E-state index contributed by atoms with van der Waals surface area (Å²) in [5.74, 6) is 0.852. The van der Waals surface area contributed by atoms with Gasteiger partial charge in [-0.2, -0.15) is 0 Å². The van der Waals surface area contributed by atoms with Gasteiger partial charge in [0.25, 0.3) is 0 Å². The number of esters is 1. The molecule has 19 heavy (non-hydrogen) atoms. The summed E-state index contributed by atoms with van der Waals surface area (Å²) in [5, 5.41) is 3.90. The highest BCUT2D eigenvalue weighted by Crippen LogP contribution is 2.43. The lowest BCUT2D eigenvalue weighted by Gasteiger charge is -2.30. The molecule has 0 spiro atoms. The summed E-state index contributed by atoms with van der Waals surface area (Å²) in [6.07, 6.45) is 2.15. The average Bonchev–Trinajstić information content (AvgIpc) is 3.24. The zero-order chi connectivity index (χ0) is 13.9. The third kappa shape index (κ3) is 3.25. The van der Waals surface area contributed by atoms with Gasteiger partial charge in [0.2, 0.25) is 0 Å². The molecule has 3 nitrogen and oxygen atoms in total. The van der Waals surface area contributed by atoms with E-state index in [0.29, 0.717) is 16.7 Å². The maximum Gasteiger partial charge on any atom is 0.327 e. The predicted molar refractivity (Wildman–Crippen MR) is 78.7 cm³/mol. The molecule has 0 radical (unpaired) electrons. The third-order valence-corrected chi connectivity index (χ3v) is 4.95. The van der Waals surface area contributed by atoms with Gasteiger partial charge in [0.15, 0.2) is 0 Å². The van der Waals surface area contributed by atoms with E-state index in [0.717, 1.165) is 17.7 Å². The molecule has 0 aromatic heterocycles. The van der Waals surface area contributed by atoms with Crippen molar-refractivity contribution in [3.8, 4) is 0 Å². The fraction of sp³-hybridized carbons (Fsp3) is 0.500. The van der Waals surface area contributed by atoms with Gasteiger partial charge in [-0.25, -0.2) is 0 Å². The molecule has 1 aromatic rings. The zero-order valence-electron chi connectivity index (χ0n) is 11.1.